The molecule has 6 atom stereocenters. The molecule has 3 fully saturated rings. The maximum atomic E-state index is 11.4. The zero-order valence-electron chi connectivity index (χ0n) is 16.7. The highest BCUT2D eigenvalue weighted by Crippen LogP contribution is 2.59. The van der Waals surface area contributed by atoms with Crippen LogP contribution >= 0.6 is 0 Å². The minimum atomic E-state index is 0.201. The van der Waals surface area contributed by atoms with E-state index in [2.05, 4.69) is 46.4 Å². The SMILES string of the molecule is C=C1/C(=C\C=C2/CCC[C@@]3(C)C2CCC3[C@H](C)C=O)C[C@@H](C)C[C@@H]1C. The van der Waals surface area contributed by atoms with Crippen molar-refractivity contribution in [3.63, 3.8) is 0 Å². The third kappa shape index (κ3) is 3.44. The summed E-state index contributed by atoms with van der Waals surface area (Å²) in [6.07, 6.45) is 14.8. The van der Waals surface area contributed by atoms with E-state index in [0.29, 0.717) is 23.2 Å². The minimum Gasteiger partial charge on any atom is -0.303 e. The predicted octanol–water partition coefficient (Wildman–Crippen LogP) is 6.51. The number of carbonyl (C=O) groups excluding carboxylic acids is 1. The Morgan fingerprint density at radius 3 is 2.72 bits per heavy atom. The van der Waals surface area contributed by atoms with E-state index in [-0.39, 0.29) is 5.92 Å². The fourth-order valence-corrected chi connectivity index (χ4v) is 6.27. The number of allylic oxidation sites excluding steroid dienone is 5. The third-order valence-electron chi connectivity index (χ3n) is 7.72. The molecule has 0 radical (unpaired) electrons. The molecule has 3 aliphatic rings. The number of carbonyl (C=O) groups is 1. The highest BCUT2D eigenvalue weighted by molar-refractivity contribution is 5.54. The summed E-state index contributed by atoms with van der Waals surface area (Å²) in [5.74, 6) is 2.83. The van der Waals surface area contributed by atoms with Gasteiger partial charge in [-0.2, -0.15) is 0 Å². The average Bonchev–Trinajstić information content (AvgIpc) is 2.93. The van der Waals surface area contributed by atoms with Gasteiger partial charge in [0.15, 0.2) is 0 Å². The molecule has 1 nitrogen and oxygen atoms in total. The van der Waals surface area contributed by atoms with Gasteiger partial charge in [0.25, 0.3) is 0 Å². The molecule has 0 saturated heterocycles. The number of hydrogen-bond donors (Lipinski definition) is 0. The maximum absolute atomic E-state index is 11.4. The van der Waals surface area contributed by atoms with Crippen molar-refractivity contribution in [1.29, 1.82) is 0 Å². The quantitative estimate of drug-likeness (QED) is 0.535. The molecule has 0 aliphatic heterocycles. The summed E-state index contributed by atoms with van der Waals surface area (Å²) in [6.45, 7) is 13.6. The van der Waals surface area contributed by atoms with E-state index in [1.165, 1.54) is 62.4 Å². The van der Waals surface area contributed by atoms with Crippen LogP contribution < -0.4 is 0 Å². The van der Waals surface area contributed by atoms with E-state index >= 15 is 0 Å². The normalized spacial score (nSPS) is 43.3. The lowest BCUT2D eigenvalue weighted by Crippen LogP contribution is -2.36. The van der Waals surface area contributed by atoms with Gasteiger partial charge >= 0.3 is 0 Å². The molecule has 0 N–H and O–H groups in total. The molecule has 0 aromatic carbocycles. The van der Waals surface area contributed by atoms with Gasteiger partial charge in [-0.1, -0.05) is 52.0 Å². The fraction of sp³-hybridized carbons (Fsp3) is 0.708. The molecule has 0 amide bonds. The second-order valence-corrected chi connectivity index (χ2v) is 9.50. The van der Waals surface area contributed by atoms with Gasteiger partial charge < -0.3 is 4.79 Å². The van der Waals surface area contributed by atoms with Gasteiger partial charge in [-0.15, -0.1) is 0 Å². The van der Waals surface area contributed by atoms with Crippen molar-refractivity contribution in [1.82, 2.24) is 0 Å². The number of rotatable bonds is 3. The van der Waals surface area contributed by atoms with Gasteiger partial charge in [0.05, 0.1) is 0 Å². The smallest absolute Gasteiger partial charge is 0.123 e. The second-order valence-electron chi connectivity index (χ2n) is 9.50. The molecule has 0 aromatic rings. The third-order valence-corrected chi connectivity index (χ3v) is 7.72. The summed E-state index contributed by atoms with van der Waals surface area (Å²) in [6, 6.07) is 0. The van der Waals surface area contributed by atoms with Gasteiger partial charge in [0.1, 0.15) is 6.29 Å². The summed E-state index contributed by atoms with van der Waals surface area (Å²) < 4.78 is 0. The first-order chi connectivity index (χ1) is 11.9. The van der Waals surface area contributed by atoms with Crippen molar-refractivity contribution in [2.45, 2.75) is 72.6 Å². The van der Waals surface area contributed by atoms with E-state index in [1.54, 1.807) is 5.57 Å². The van der Waals surface area contributed by atoms with Gasteiger partial charge in [-0.3, -0.25) is 0 Å². The lowest BCUT2D eigenvalue weighted by atomic mass is 9.61. The lowest BCUT2D eigenvalue weighted by Gasteiger charge is -2.43. The van der Waals surface area contributed by atoms with Crippen LogP contribution in [0.15, 0.2) is 35.5 Å². The van der Waals surface area contributed by atoms with Gasteiger partial charge in [-0.05, 0) is 85.2 Å². The van der Waals surface area contributed by atoms with Crippen LogP contribution in [0, 0.1) is 35.0 Å². The summed E-state index contributed by atoms with van der Waals surface area (Å²) in [5, 5.41) is 0. The largest absolute Gasteiger partial charge is 0.303 e. The van der Waals surface area contributed by atoms with Crippen LogP contribution in [-0.4, -0.2) is 6.29 Å². The van der Waals surface area contributed by atoms with Gasteiger partial charge in [-0.25, -0.2) is 0 Å². The summed E-state index contributed by atoms with van der Waals surface area (Å²) in [5.41, 5.74) is 4.79. The first kappa shape index (κ1) is 18.7. The van der Waals surface area contributed by atoms with E-state index in [4.69, 9.17) is 0 Å². The van der Waals surface area contributed by atoms with Gasteiger partial charge in [0.2, 0.25) is 0 Å². The molecule has 3 rings (SSSR count). The molecule has 0 spiro atoms. The molecule has 25 heavy (non-hydrogen) atoms. The molecule has 3 saturated carbocycles. The van der Waals surface area contributed by atoms with Crippen LogP contribution in [0.3, 0.4) is 0 Å². The number of hydrogen-bond acceptors (Lipinski definition) is 1. The standard InChI is InChI=1S/C24H36O/c1-16-13-17(2)19(4)21(14-16)9-8-20-7-6-12-24(5)22(18(3)15-25)10-11-23(20)24/h8-9,15-18,22-23H,4,6-7,10-14H2,1-3,5H3/b20-8+,21-9-/t16-,17-,18+,22?,23?,24+/m0/s1. The van der Waals surface area contributed by atoms with Crippen LogP contribution in [0.1, 0.15) is 72.6 Å². The van der Waals surface area contributed by atoms with Crippen LogP contribution in [0.2, 0.25) is 0 Å². The van der Waals surface area contributed by atoms with Gasteiger partial charge in [0, 0.05) is 5.92 Å². The van der Waals surface area contributed by atoms with Crippen molar-refractivity contribution >= 4 is 6.29 Å². The lowest BCUT2D eigenvalue weighted by molar-refractivity contribution is -0.113. The first-order valence-corrected chi connectivity index (χ1v) is 10.4. The second kappa shape index (κ2) is 7.25. The first-order valence-electron chi connectivity index (χ1n) is 10.4. The zero-order valence-corrected chi connectivity index (χ0v) is 16.7. The molecule has 0 aromatic heterocycles. The summed E-state index contributed by atoms with van der Waals surface area (Å²) in [4.78, 5) is 11.4. The summed E-state index contributed by atoms with van der Waals surface area (Å²) >= 11 is 0. The zero-order chi connectivity index (χ0) is 18.2. The Balaban J connectivity index is 1.83. The Labute approximate surface area is 154 Å². The van der Waals surface area contributed by atoms with E-state index in [1.807, 2.05) is 0 Å². The van der Waals surface area contributed by atoms with E-state index in [9.17, 15) is 4.79 Å². The van der Waals surface area contributed by atoms with E-state index in [0.717, 1.165) is 5.92 Å². The molecule has 2 unspecified atom stereocenters. The number of aldehydes is 1. The van der Waals surface area contributed by atoms with Crippen LogP contribution in [0.4, 0.5) is 0 Å². The van der Waals surface area contributed by atoms with Crippen molar-refractivity contribution in [3.05, 3.63) is 35.5 Å². The topological polar surface area (TPSA) is 17.1 Å². The monoisotopic (exact) mass is 340 g/mol. The Morgan fingerprint density at radius 2 is 2.00 bits per heavy atom. The molecule has 3 aliphatic carbocycles. The Bertz CT molecular complexity index is 595. The van der Waals surface area contributed by atoms with Crippen molar-refractivity contribution < 1.29 is 4.79 Å². The fourth-order valence-electron chi connectivity index (χ4n) is 6.27. The average molecular weight is 341 g/mol. The molecule has 1 heteroatoms. The highest BCUT2D eigenvalue weighted by atomic mass is 16.1. The molecule has 0 bridgehead atoms. The summed E-state index contributed by atoms with van der Waals surface area (Å²) in [7, 11) is 0. The van der Waals surface area contributed by atoms with Crippen molar-refractivity contribution in [2.75, 3.05) is 0 Å². The minimum absolute atomic E-state index is 0.201. The Kier molecular flexibility index (Phi) is 5.42. The van der Waals surface area contributed by atoms with Crippen molar-refractivity contribution in [2.24, 2.45) is 35.0 Å². The van der Waals surface area contributed by atoms with Crippen LogP contribution in [0.25, 0.3) is 0 Å². The van der Waals surface area contributed by atoms with Crippen LogP contribution in [0.5, 0.6) is 0 Å². The molecule has 138 valence electrons. The Morgan fingerprint density at radius 1 is 1.24 bits per heavy atom. The predicted molar refractivity (Wildman–Crippen MR) is 106 cm³/mol. The molecular weight excluding hydrogens is 304 g/mol. The number of fused-ring (bicyclic) bond motifs is 1. The van der Waals surface area contributed by atoms with Crippen LogP contribution in [-0.2, 0) is 4.79 Å². The van der Waals surface area contributed by atoms with Crippen molar-refractivity contribution in [3.8, 4) is 0 Å². The highest BCUT2D eigenvalue weighted by Gasteiger charge is 2.50. The maximum Gasteiger partial charge on any atom is 0.123 e. The Hall–Kier alpha value is -1.11. The van der Waals surface area contributed by atoms with E-state index < -0.39 is 0 Å². The molecule has 0 heterocycles. The molecular formula is C24H36O.